The van der Waals surface area contributed by atoms with Gasteiger partial charge in [-0.25, -0.2) is 0 Å². The number of pyridine rings is 2. The van der Waals surface area contributed by atoms with Crippen LogP contribution in [0.2, 0.25) is 0 Å². The average molecular weight is 425 g/mol. The molecule has 0 bridgehead atoms. The normalized spacial score (nSPS) is 10.7. The Morgan fingerprint density at radius 1 is 1.09 bits per heavy atom. The van der Waals surface area contributed by atoms with Gasteiger partial charge >= 0.3 is 0 Å². The Kier molecular flexibility index (Phi) is 5.60. The van der Waals surface area contributed by atoms with E-state index in [2.05, 4.69) is 16.9 Å². The van der Waals surface area contributed by atoms with Crippen LogP contribution in [-0.2, 0) is 11.8 Å². The minimum atomic E-state index is -0.314. The first kappa shape index (κ1) is 21.1. The number of para-hydroxylation sites is 1. The van der Waals surface area contributed by atoms with Gasteiger partial charge < -0.3 is 14.6 Å². The van der Waals surface area contributed by atoms with E-state index in [0.29, 0.717) is 22.3 Å². The summed E-state index contributed by atoms with van der Waals surface area (Å²) in [5.74, 6) is 1.05. The van der Waals surface area contributed by atoms with E-state index >= 15 is 0 Å². The molecule has 0 fully saturated rings. The number of ether oxygens (including phenoxy) is 1. The number of carbonyl (C=O) groups is 1. The molecule has 2 aromatic heterocycles. The Bertz CT molecular complexity index is 1400. The number of fused-ring (bicyclic) bond motifs is 1. The van der Waals surface area contributed by atoms with Crippen molar-refractivity contribution in [2.24, 2.45) is 7.05 Å². The number of carbonyl (C=O) groups excluding carboxylic acids is 1. The Morgan fingerprint density at radius 2 is 1.84 bits per heavy atom. The van der Waals surface area contributed by atoms with E-state index in [1.54, 1.807) is 31.6 Å². The fourth-order valence-electron chi connectivity index (χ4n) is 3.67. The van der Waals surface area contributed by atoms with Crippen LogP contribution < -0.4 is 15.6 Å². The number of rotatable bonds is 5. The third-order valence-corrected chi connectivity index (χ3v) is 5.29. The fourth-order valence-corrected chi connectivity index (χ4v) is 3.67. The highest BCUT2D eigenvalue weighted by Gasteiger charge is 2.17. The molecule has 1 amide bonds. The maximum atomic E-state index is 12.6. The number of nitrogens with zero attached hydrogens (tertiary/aromatic N) is 2. The van der Waals surface area contributed by atoms with Crippen molar-refractivity contribution < 1.29 is 9.53 Å². The standard InChI is InChI=1S/C26H23N3O3/c1-5-23(30)28-18-11-12-22(32-25-16(2)8-6-9-17(25)3)20(14-18)21-15-29(4)26(31)24-19(21)10-7-13-27-24/h5-15H,1H2,2-4H3,(H,28,30). The number of aromatic nitrogens is 2. The molecular formula is C26H23N3O3. The number of benzene rings is 2. The number of amides is 1. The van der Waals surface area contributed by atoms with Gasteiger partial charge in [-0.3, -0.25) is 14.6 Å². The fraction of sp³-hybridized carbons (Fsp3) is 0.115. The van der Waals surface area contributed by atoms with E-state index in [0.717, 1.165) is 28.0 Å². The molecule has 0 saturated carbocycles. The SMILES string of the molecule is C=CC(=O)Nc1ccc(Oc2c(C)cccc2C)c(-c2cn(C)c(=O)c3ncccc23)c1. The molecule has 1 N–H and O–H groups in total. The van der Waals surface area contributed by atoms with E-state index in [9.17, 15) is 9.59 Å². The van der Waals surface area contributed by atoms with Crippen molar-refractivity contribution in [3.63, 3.8) is 0 Å². The molecule has 0 radical (unpaired) electrons. The zero-order valence-electron chi connectivity index (χ0n) is 18.2. The number of anilines is 1. The molecular weight excluding hydrogens is 402 g/mol. The molecule has 2 heterocycles. The molecule has 6 nitrogen and oxygen atoms in total. The van der Waals surface area contributed by atoms with Crippen LogP contribution in [0.25, 0.3) is 22.0 Å². The summed E-state index contributed by atoms with van der Waals surface area (Å²) in [5, 5.41) is 3.50. The second-order valence-corrected chi connectivity index (χ2v) is 7.59. The van der Waals surface area contributed by atoms with Crippen molar-refractivity contribution in [1.82, 2.24) is 9.55 Å². The molecule has 0 aliphatic carbocycles. The van der Waals surface area contributed by atoms with Gasteiger partial charge in [-0.15, -0.1) is 0 Å². The molecule has 6 heteroatoms. The van der Waals surface area contributed by atoms with Crippen LogP contribution in [0.4, 0.5) is 5.69 Å². The topological polar surface area (TPSA) is 73.2 Å². The average Bonchev–Trinajstić information content (AvgIpc) is 2.79. The van der Waals surface area contributed by atoms with E-state index in [1.165, 1.54) is 10.6 Å². The van der Waals surface area contributed by atoms with Gasteiger partial charge in [0.15, 0.2) is 0 Å². The lowest BCUT2D eigenvalue weighted by Crippen LogP contribution is -2.17. The molecule has 32 heavy (non-hydrogen) atoms. The highest BCUT2D eigenvalue weighted by atomic mass is 16.5. The van der Waals surface area contributed by atoms with Gasteiger partial charge in [0.25, 0.3) is 5.56 Å². The zero-order chi connectivity index (χ0) is 22.8. The smallest absolute Gasteiger partial charge is 0.276 e. The lowest BCUT2D eigenvalue weighted by atomic mass is 10.0. The predicted octanol–water partition coefficient (Wildman–Crippen LogP) is 5.13. The summed E-state index contributed by atoms with van der Waals surface area (Å²) < 4.78 is 7.89. The molecule has 0 spiro atoms. The quantitative estimate of drug-likeness (QED) is 0.450. The summed E-state index contributed by atoms with van der Waals surface area (Å²) in [6, 6.07) is 15.0. The van der Waals surface area contributed by atoms with Crippen LogP contribution >= 0.6 is 0 Å². The van der Waals surface area contributed by atoms with Crippen LogP contribution in [0.1, 0.15) is 11.1 Å². The Hall–Kier alpha value is -4.19. The summed E-state index contributed by atoms with van der Waals surface area (Å²) in [7, 11) is 1.69. The van der Waals surface area contributed by atoms with Crippen molar-refractivity contribution >= 4 is 22.5 Å². The Balaban J connectivity index is 1.97. The van der Waals surface area contributed by atoms with Crippen molar-refractivity contribution in [3.8, 4) is 22.6 Å². The van der Waals surface area contributed by atoms with Crippen molar-refractivity contribution in [2.45, 2.75) is 13.8 Å². The van der Waals surface area contributed by atoms with Gasteiger partial charge in [-0.1, -0.05) is 30.8 Å². The maximum Gasteiger partial charge on any atom is 0.276 e. The Morgan fingerprint density at radius 3 is 2.56 bits per heavy atom. The molecule has 4 rings (SSSR count). The van der Waals surface area contributed by atoms with Crippen molar-refractivity contribution in [1.29, 1.82) is 0 Å². The Labute approximate surface area is 185 Å². The van der Waals surface area contributed by atoms with Gasteiger partial charge in [-0.05, 0) is 55.3 Å². The minimum Gasteiger partial charge on any atom is -0.456 e. The molecule has 0 aliphatic heterocycles. The van der Waals surface area contributed by atoms with E-state index in [4.69, 9.17) is 4.74 Å². The van der Waals surface area contributed by atoms with Gasteiger partial charge in [0.2, 0.25) is 5.91 Å². The summed E-state index contributed by atoms with van der Waals surface area (Å²) in [6.07, 6.45) is 4.58. The zero-order valence-corrected chi connectivity index (χ0v) is 18.2. The third kappa shape index (κ3) is 3.90. The predicted molar refractivity (Wildman–Crippen MR) is 127 cm³/mol. The number of hydrogen-bond acceptors (Lipinski definition) is 4. The van der Waals surface area contributed by atoms with Crippen LogP contribution in [0.5, 0.6) is 11.5 Å². The van der Waals surface area contributed by atoms with Crippen LogP contribution in [0.15, 0.2) is 78.4 Å². The van der Waals surface area contributed by atoms with Gasteiger partial charge in [0.05, 0.1) is 0 Å². The first-order chi connectivity index (χ1) is 15.4. The lowest BCUT2D eigenvalue weighted by Gasteiger charge is -2.18. The first-order valence-electron chi connectivity index (χ1n) is 10.2. The van der Waals surface area contributed by atoms with E-state index < -0.39 is 0 Å². The second kappa shape index (κ2) is 8.51. The number of aryl methyl sites for hydroxylation is 3. The summed E-state index contributed by atoms with van der Waals surface area (Å²) in [4.78, 5) is 28.8. The minimum absolute atomic E-state index is 0.183. The van der Waals surface area contributed by atoms with Gasteiger partial charge in [0, 0.05) is 41.6 Å². The molecule has 2 aromatic carbocycles. The number of hydrogen-bond donors (Lipinski definition) is 1. The van der Waals surface area contributed by atoms with Gasteiger partial charge in [0.1, 0.15) is 17.0 Å². The largest absolute Gasteiger partial charge is 0.456 e. The molecule has 0 saturated heterocycles. The second-order valence-electron chi connectivity index (χ2n) is 7.59. The summed E-state index contributed by atoms with van der Waals surface area (Å²) in [6.45, 7) is 7.49. The summed E-state index contributed by atoms with van der Waals surface area (Å²) in [5.41, 5.74) is 4.28. The molecule has 0 atom stereocenters. The van der Waals surface area contributed by atoms with Gasteiger partial charge in [-0.2, -0.15) is 0 Å². The molecule has 0 aliphatic rings. The molecule has 4 aromatic rings. The maximum absolute atomic E-state index is 12.6. The first-order valence-corrected chi connectivity index (χ1v) is 10.2. The number of nitrogens with one attached hydrogen (secondary N) is 1. The van der Waals surface area contributed by atoms with Crippen LogP contribution in [0.3, 0.4) is 0 Å². The van der Waals surface area contributed by atoms with Crippen LogP contribution in [0, 0.1) is 13.8 Å². The summed E-state index contributed by atoms with van der Waals surface area (Å²) >= 11 is 0. The van der Waals surface area contributed by atoms with Crippen LogP contribution in [-0.4, -0.2) is 15.5 Å². The highest BCUT2D eigenvalue weighted by molar-refractivity contribution is 6.01. The van der Waals surface area contributed by atoms with E-state index in [-0.39, 0.29) is 11.5 Å². The van der Waals surface area contributed by atoms with E-state index in [1.807, 2.05) is 50.2 Å². The third-order valence-electron chi connectivity index (χ3n) is 5.29. The monoisotopic (exact) mass is 425 g/mol. The van der Waals surface area contributed by atoms with Crippen molar-refractivity contribution in [2.75, 3.05) is 5.32 Å². The van der Waals surface area contributed by atoms with Crippen molar-refractivity contribution in [3.05, 3.63) is 95.1 Å². The lowest BCUT2D eigenvalue weighted by molar-refractivity contribution is -0.111. The molecule has 160 valence electrons. The molecule has 0 unspecified atom stereocenters. The highest BCUT2D eigenvalue weighted by Crippen LogP contribution is 2.39.